The second kappa shape index (κ2) is 8.60. The molecule has 10 heteroatoms. The number of carbonyl (C=O) groups is 1. The van der Waals surface area contributed by atoms with E-state index in [2.05, 4.69) is 0 Å². The van der Waals surface area contributed by atoms with Gasteiger partial charge in [0.15, 0.2) is 0 Å². The van der Waals surface area contributed by atoms with E-state index in [1.165, 1.54) is 17.0 Å². The minimum absolute atomic E-state index is 0.0251. The smallest absolute Gasteiger partial charge is 0.291 e. The number of thioether (sulfide) groups is 1. The summed E-state index contributed by atoms with van der Waals surface area (Å²) < 4.78 is 28.6. The van der Waals surface area contributed by atoms with Gasteiger partial charge in [0.1, 0.15) is 16.5 Å². The summed E-state index contributed by atoms with van der Waals surface area (Å²) in [5.41, 5.74) is 1.62. The van der Waals surface area contributed by atoms with Gasteiger partial charge in [-0.15, -0.1) is 0 Å². The molecule has 1 aliphatic heterocycles. The van der Waals surface area contributed by atoms with E-state index in [-0.39, 0.29) is 10.1 Å². The van der Waals surface area contributed by atoms with Crippen LogP contribution in [0.3, 0.4) is 0 Å². The number of hydrogen-bond acceptors (Lipinski definition) is 6. The number of primary sulfonamides is 1. The molecule has 3 aromatic rings. The number of benzene rings is 2. The SMILES string of the molecule is NS(=O)(=O)c1ccc(-c2ccc(C=C3SC(=O)N(Cc4ccc(Cl)cc4)C3=S)o2)cc1. The Morgan fingerprint density at radius 2 is 1.74 bits per heavy atom. The molecule has 1 saturated heterocycles. The van der Waals surface area contributed by atoms with Crippen LogP contribution in [0, 0.1) is 0 Å². The maximum atomic E-state index is 12.4. The number of furan rings is 1. The zero-order chi connectivity index (χ0) is 22.2. The molecule has 0 radical (unpaired) electrons. The van der Waals surface area contributed by atoms with Crippen LogP contribution in [-0.4, -0.2) is 23.5 Å². The summed E-state index contributed by atoms with van der Waals surface area (Å²) in [5.74, 6) is 1.07. The van der Waals surface area contributed by atoms with Gasteiger partial charge in [0.25, 0.3) is 5.24 Å². The number of hydrogen-bond donors (Lipinski definition) is 1. The Hall–Kier alpha value is -2.43. The summed E-state index contributed by atoms with van der Waals surface area (Å²) >= 11 is 12.5. The first-order chi connectivity index (χ1) is 14.7. The van der Waals surface area contributed by atoms with E-state index >= 15 is 0 Å². The number of sulfonamides is 1. The van der Waals surface area contributed by atoms with Gasteiger partial charge in [-0.3, -0.25) is 9.69 Å². The minimum Gasteiger partial charge on any atom is -0.457 e. The lowest BCUT2D eigenvalue weighted by Gasteiger charge is -2.14. The number of nitrogens with zero attached hydrogens (tertiary/aromatic N) is 1. The van der Waals surface area contributed by atoms with Gasteiger partial charge in [-0.1, -0.05) is 36.0 Å². The van der Waals surface area contributed by atoms with Crippen molar-refractivity contribution in [3.05, 3.63) is 81.9 Å². The van der Waals surface area contributed by atoms with Crippen molar-refractivity contribution >= 4 is 61.9 Å². The van der Waals surface area contributed by atoms with Crippen LogP contribution in [0.2, 0.25) is 5.02 Å². The molecule has 1 fully saturated rings. The normalized spacial score (nSPS) is 15.8. The molecule has 2 N–H and O–H groups in total. The highest BCUT2D eigenvalue weighted by atomic mass is 35.5. The largest absolute Gasteiger partial charge is 0.457 e. The summed E-state index contributed by atoms with van der Waals surface area (Å²) in [7, 11) is -3.75. The fourth-order valence-corrected chi connectivity index (χ4v) is 4.79. The van der Waals surface area contributed by atoms with Crippen LogP contribution >= 0.6 is 35.6 Å². The number of amides is 1. The third-order valence-electron chi connectivity index (χ3n) is 4.50. The molecule has 2 aromatic carbocycles. The van der Waals surface area contributed by atoms with Crippen molar-refractivity contribution in [1.82, 2.24) is 4.90 Å². The molecule has 31 heavy (non-hydrogen) atoms. The number of carbonyl (C=O) groups excluding carboxylic acids is 1. The third kappa shape index (κ3) is 4.91. The molecular weight excluding hydrogens is 476 g/mol. The van der Waals surface area contributed by atoms with Crippen LogP contribution in [-0.2, 0) is 16.6 Å². The van der Waals surface area contributed by atoms with Gasteiger partial charge >= 0.3 is 0 Å². The first-order valence-electron chi connectivity index (χ1n) is 8.93. The summed E-state index contributed by atoms with van der Waals surface area (Å²) in [5, 5.41) is 5.59. The van der Waals surface area contributed by atoms with Gasteiger partial charge in [0, 0.05) is 10.6 Å². The topological polar surface area (TPSA) is 93.6 Å². The average molecular weight is 491 g/mol. The van der Waals surface area contributed by atoms with Crippen molar-refractivity contribution < 1.29 is 17.6 Å². The van der Waals surface area contributed by atoms with Gasteiger partial charge in [-0.25, -0.2) is 13.6 Å². The Labute approximate surface area is 193 Å². The van der Waals surface area contributed by atoms with Crippen molar-refractivity contribution in [2.75, 3.05) is 0 Å². The molecule has 1 aliphatic rings. The number of thiocarbonyl (C=S) groups is 1. The first kappa shape index (κ1) is 21.8. The van der Waals surface area contributed by atoms with Crippen LogP contribution in [0.4, 0.5) is 4.79 Å². The first-order valence-corrected chi connectivity index (χ1v) is 12.1. The second-order valence-corrected chi connectivity index (χ2v) is 10.0. The molecule has 0 aliphatic carbocycles. The highest BCUT2D eigenvalue weighted by Gasteiger charge is 2.32. The molecule has 2 heterocycles. The highest BCUT2D eigenvalue weighted by molar-refractivity contribution is 8.19. The van der Waals surface area contributed by atoms with Crippen LogP contribution < -0.4 is 5.14 Å². The van der Waals surface area contributed by atoms with E-state index in [4.69, 9.17) is 33.4 Å². The number of rotatable bonds is 5. The van der Waals surface area contributed by atoms with Crippen LogP contribution in [0.15, 0.2) is 74.9 Å². The standard InChI is InChI=1S/C21H15ClN2O4S3/c22-15-5-1-13(2-6-15)12-24-20(29)19(30-21(24)25)11-16-7-10-18(28-16)14-3-8-17(9-4-14)31(23,26)27/h1-11H,12H2,(H2,23,26,27). The van der Waals surface area contributed by atoms with Gasteiger partial charge in [0.2, 0.25) is 10.0 Å². The maximum absolute atomic E-state index is 12.4. The van der Waals surface area contributed by atoms with Crippen molar-refractivity contribution in [3.8, 4) is 11.3 Å². The lowest BCUT2D eigenvalue weighted by molar-refractivity contribution is 0.244. The summed E-state index contributed by atoms with van der Waals surface area (Å²) in [6.07, 6.45) is 1.72. The molecule has 158 valence electrons. The Bertz CT molecular complexity index is 1300. The molecule has 0 spiro atoms. The lowest BCUT2D eigenvalue weighted by Crippen LogP contribution is -2.26. The molecule has 4 rings (SSSR count). The van der Waals surface area contributed by atoms with Crippen LogP contribution in [0.1, 0.15) is 11.3 Å². The minimum atomic E-state index is -3.75. The third-order valence-corrected chi connectivity index (χ3v) is 7.17. The molecule has 1 amide bonds. The van der Waals surface area contributed by atoms with Crippen molar-refractivity contribution in [3.63, 3.8) is 0 Å². The summed E-state index contributed by atoms with van der Waals surface area (Å²) in [6.45, 7) is 0.360. The molecular formula is C21H15ClN2O4S3. The number of nitrogens with two attached hydrogens (primary N) is 1. The fraction of sp³-hybridized carbons (Fsp3) is 0.0476. The zero-order valence-electron chi connectivity index (χ0n) is 15.8. The quantitative estimate of drug-likeness (QED) is 0.386. The highest BCUT2D eigenvalue weighted by Crippen LogP contribution is 2.35. The lowest BCUT2D eigenvalue weighted by atomic mass is 10.2. The molecule has 0 unspecified atom stereocenters. The van der Waals surface area contributed by atoms with Crippen LogP contribution in [0.5, 0.6) is 0 Å². The Morgan fingerprint density at radius 3 is 2.39 bits per heavy atom. The predicted molar refractivity (Wildman–Crippen MR) is 126 cm³/mol. The van der Waals surface area contributed by atoms with E-state index in [9.17, 15) is 13.2 Å². The molecule has 0 atom stereocenters. The number of halogens is 1. The monoisotopic (exact) mass is 490 g/mol. The average Bonchev–Trinajstić information content (AvgIpc) is 3.29. The van der Waals surface area contributed by atoms with E-state index in [1.807, 2.05) is 12.1 Å². The Balaban J connectivity index is 1.52. The van der Waals surface area contributed by atoms with E-state index in [1.54, 1.807) is 42.5 Å². The van der Waals surface area contributed by atoms with Gasteiger partial charge in [-0.05, 0) is 71.9 Å². The molecule has 0 bridgehead atoms. The maximum Gasteiger partial charge on any atom is 0.291 e. The van der Waals surface area contributed by atoms with Gasteiger partial charge in [-0.2, -0.15) is 0 Å². The van der Waals surface area contributed by atoms with Crippen molar-refractivity contribution in [2.45, 2.75) is 11.4 Å². The molecule has 0 saturated carbocycles. The van der Waals surface area contributed by atoms with Crippen molar-refractivity contribution in [2.24, 2.45) is 5.14 Å². The Morgan fingerprint density at radius 1 is 1.06 bits per heavy atom. The predicted octanol–water partition coefficient (Wildman–Crippen LogP) is 5.28. The van der Waals surface area contributed by atoms with Crippen LogP contribution in [0.25, 0.3) is 17.4 Å². The van der Waals surface area contributed by atoms with E-state index < -0.39 is 10.0 Å². The van der Waals surface area contributed by atoms with E-state index in [0.29, 0.717) is 38.5 Å². The Kier molecular flexibility index (Phi) is 6.05. The molecule has 6 nitrogen and oxygen atoms in total. The van der Waals surface area contributed by atoms with E-state index in [0.717, 1.165) is 17.3 Å². The summed E-state index contributed by atoms with van der Waals surface area (Å²) in [4.78, 5) is 15.1. The second-order valence-electron chi connectivity index (χ2n) is 6.67. The van der Waals surface area contributed by atoms with Gasteiger partial charge in [0.05, 0.1) is 16.3 Å². The summed E-state index contributed by atoms with van der Waals surface area (Å²) in [6, 6.07) is 16.8. The van der Waals surface area contributed by atoms with Gasteiger partial charge < -0.3 is 4.42 Å². The molecule has 1 aromatic heterocycles. The van der Waals surface area contributed by atoms with Crippen molar-refractivity contribution in [1.29, 1.82) is 0 Å². The fourth-order valence-electron chi connectivity index (χ4n) is 2.93. The zero-order valence-corrected chi connectivity index (χ0v) is 19.0.